The van der Waals surface area contributed by atoms with Crippen molar-refractivity contribution in [2.24, 2.45) is 5.92 Å². The number of likely N-dealkylation sites (tertiary alicyclic amines) is 1. The molecule has 1 saturated heterocycles. The summed E-state index contributed by atoms with van der Waals surface area (Å²) in [6.45, 7) is 7.88. The SMILES string of the molecule is CC(C)Cc1cc2c(NC3CCN(C(C)c4c(F)cccc4F)CC3)ncnc2s1.Cl.Cl. The van der Waals surface area contributed by atoms with Crippen molar-refractivity contribution in [3.8, 4) is 0 Å². The van der Waals surface area contributed by atoms with Crippen LogP contribution in [0, 0.1) is 17.6 Å². The van der Waals surface area contributed by atoms with E-state index in [1.54, 1.807) is 17.7 Å². The summed E-state index contributed by atoms with van der Waals surface area (Å²) >= 11 is 1.74. The number of piperidine rings is 1. The summed E-state index contributed by atoms with van der Waals surface area (Å²) in [7, 11) is 0. The van der Waals surface area contributed by atoms with Crippen LogP contribution in [0.15, 0.2) is 30.6 Å². The smallest absolute Gasteiger partial charge is 0.138 e. The number of fused-ring (bicyclic) bond motifs is 1. The summed E-state index contributed by atoms with van der Waals surface area (Å²) in [4.78, 5) is 13.4. The lowest BCUT2D eigenvalue weighted by Gasteiger charge is -2.36. The minimum absolute atomic E-state index is 0. The molecule has 1 atom stereocenters. The quantitative estimate of drug-likeness (QED) is 0.409. The standard InChI is InChI=1S/C23H28F2N4S.2ClH/c1-14(2)11-17-12-18-22(26-13-27-23(18)30-17)28-16-7-9-29(10-8-16)15(3)21-19(24)5-4-6-20(21)25;;/h4-6,12-16H,7-11H2,1-3H3,(H,26,27,28);2*1H. The molecule has 1 N–H and O–H groups in total. The first-order valence-corrected chi connectivity index (χ1v) is 11.4. The Kier molecular flexibility index (Phi) is 9.64. The second kappa shape index (κ2) is 11.5. The lowest BCUT2D eigenvalue weighted by molar-refractivity contribution is 0.162. The van der Waals surface area contributed by atoms with E-state index in [0.717, 1.165) is 48.4 Å². The van der Waals surface area contributed by atoms with Gasteiger partial charge in [-0.05, 0) is 50.3 Å². The zero-order chi connectivity index (χ0) is 21.3. The molecule has 1 fully saturated rings. The van der Waals surface area contributed by atoms with Gasteiger partial charge in [-0.1, -0.05) is 19.9 Å². The fraction of sp³-hybridized carbons (Fsp3) is 0.478. The van der Waals surface area contributed by atoms with Crippen LogP contribution in [0.4, 0.5) is 14.6 Å². The van der Waals surface area contributed by atoms with Gasteiger partial charge < -0.3 is 5.32 Å². The average molecular weight is 503 g/mol. The molecular weight excluding hydrogens is 473 g/mol. The molecule has 0 aliphatic carbocycles. The third kappa shape index (κ3) is 5.87. The van der Waals surface area contributed by atoms with E-state index in [1.807, 2.05) is 6.92 Å². The van der Waals surface area contributed by atoms with Gasteiger partial charge >= 0.3 is 0 Å². The van der Waals surface area contributed by atoms with E-state index in [-0.39, 0.29) is 42.5 Å². The Balaban J connectivity index is 0.00000181. The summed E-state index contributed by atoms with van der Waals surface area (Å²) in [6, 6.07) is 6.28. The van der Waals surface area contributed by atoms with Crippen LogP contribution in [0.3, 0.4) is 0 Å². The van der Waals surface area contributed by atoms with Gasteiger partial charge in [-0.3, -0.25) is 4.90 Å². The Labute approximate surface area is 204 Å². The fourth-order valence-electron chi connectivity index (χ4n) is 4.24. The maximum atomic E-state index is 14.2. The first-order chi connectivity index (χ1) is 14.4. The number of thiophene rings is 1. The molecule has 3 heterocycles. The molecular formula is C23H30Cl2F2N4S. The number of rotatable bonds is 6. The summed E-state index contributed by atoms with van der Waals surface area (Å²) < 4.78 is 28.3. The van der Waals surface area contributed by atoms with Crippen molar-refractivity contribution in [1.82, 2.24) is 14.9 Å². The van der Waals surface area contributed by atoms with Gasteiger partial charge in [0.05, 0.1) is 5.39 Å². The zero-order valence-electron chi connectivity index (χ0n) is 18.5. The van der Waals surface area contributed by atoms with Gasteiger partial charge in [-0.2, -0.15) is 0 Å². The molecule has 0 saturated carbocycles. The summed E-state index contributed by atoms with van der Waals surface area (Å²) in [5.41, 5.74) is 0.164. The average Bonchev–Trinajstić information content (AvgIpc) is 3.11. The summed E-state index contributed by atoms with van der Waals surface area (Å²) in [6.07, 6.45) is 4.46. The fourth-order valence-corrected chi connectivity index (χ4v) is 5.45. The highest BCUT2D eigenvalue weighted by atomic mass is 35.5. The van der Waals surface area contributed by atoms with E-state index < -0.39 is 11.6 Å². The molecule has 1 unspecified atom stereocenters. The molecule has 1 aliphatic rings. The van der Waals surface area contributed by atoms with Crippen molar-refractivity contribution in [2.75, 3.05) is 18.4 Å². The molecule has 1 aliphatic heterocycles. The molecule has 1 aromatic carbocycles. The number of halogens is 4. The Morgan fingerprint density at radius 1 is 1.09 bits per heavy atom. The molecule has 4 rings (SSSR count). The molecule has 32 heavy (non-hydrogen) atoms. The van der Waals surface area contributed by atoms with Gasteiger partial charge in [-0.15, -0.1) is 36.2 Å². The first-order valence-electron chi connectivity index (χ1n) is 10.6. The lowest BCUT2D eigenvalue weighted by atomic mass is 9.99. The van der Waals surface area contributed by atoms with E-state index in [0.29, 0.717) is 5.92 Å². The minimum Gasteiger partial charge on any atom is -0.367 e. The largest absolute Gasteiger partial charge is 0.367 e. The first kappa shape index (κ1) is 26.7. The number of anilines is 1. The second-order valence-electron chi connectivity index (χ2n) is 8.52. The summed E-state index contributed by atoms with van der Waals surface area (Å²) in [5, 5.41) is 4.68. The van der Waals surface area contributed by atoms with Crippen molar-refractivity contribution < 1.29 is 8.78 Å². The van der Waals surface area contributed by atoms with Crippen LogP contribution in [0.25, 0.3) is 10.2 Å². The Morgan fingerprint density at radius 2 is 1.75 bits per heavy atom. The van der Waals surface area contributed by atoms with Crippen LogP contribution in [0.2, 0.25) is 0 Å². The lowest BCUT2D eigenvalue weighted by Crippen LogP contribution is -2.40. The third-order valence-electron chi connectivity index (χ3n) is 5.83. The van der Waals surface area contributed by atoms with Gasteiger partial charge in [0.25, 0.3) is 0 Å². The van der Waals surface area contributed by atoms with Crippen LogP contribution in [0.5, 0.6) is 0 Å². The van der Waals surface area contributed by atoms with Crippen LogP contribution in [-0.4, -0.2) is 34.0 Å². The zero-order valence-corrected chi connectivity index (χ0v) is 20.9. The number of hydrogen-bond donors (Lipinski definition) is 1. The van der Waals surface area contributed by atoms with Gasteiger partial charge in [0.2, 0.25) is 0 Å². The van der Waals surface area contributed by atoms with Gasteiger partial charge in [0.15, 0.2) is 0 Å². The number of hydrogen-bond acceptors (Lipinski definition) is 5. The maximum Gasteiger partial charge on any atom is 0.138 e. The van der Waals surface area contributed by atoms with E-state index >= 15 is 0 Å². The third-order valence-corrected chi connectivity index (χ3v) is 6.89. The van der Waals surface area contributed by atoms with E-state index in [9.17, 15) is 8.78 Å². The van der Waals surface area contributed by atoms with Gasteiger partial charge in [-0.25, -0.2) is 18.7 Å². The van der Waals surface area contributed by atoms with Crippen LogP contribution < -0.4 is 5.32 Å². The molecule has 3 aromatic rings. The molecule has 9 heteroatoms. The van der Waals surface area contributed by atoms with Crippen LogP contribution >= 0.6 is 36.2 Å². The predicted molar refractivity (Wildman–Crippen MR) is 133 cm³/mol. The van der Waals surface area contributed by atoms with Crippen LogP contribution in [0.1, 0.15) is 50.1 Å². The number of nitrogens with one attached hydrogen (secondary N) is 1. The molecule has 2 aromatic heterocycles. The van der Waals surface area contributed by atoms with Crippen molar-refractivity contribution in [3.63, 3.8) is 0 Å². The van der Waals surface area contributed by atoms with Crippen molar-refractivity contribution >= 4 is 52.2 Å². The number of aromatic nitrogens is 2. The van der Waals surface area contributed by atoms with E-state index in [1.165, 1.54) is 23.1 Å². The Hall–Kier alpha value is -1.54. The summed E-state index contributed by atoms with van der Waals surface area (Å²) in [5.74, 6) is 0.549. The molecule has 4 nitrogen and oxygen atoms in total. The second-order valence-corrected chi connectivity index (χ2v) is 9.63. The van der Waals surface area contributed by atoms with E-state index in [4.69, 9.17) is 0 Å². The molecule has 176 valence electrons. The van der Waals surface area contributed by atoms with Gasteiger partial charge in [0.1, 0.15) is 28.6 Å². The Bertz CT molecular complexity index is 1000. The number of benzene rings is 1. The highest BCUT2D eigenvalue weighted by Crippen LogP contribution is 2.32. The predicted octanol–water partition coefficient (Wildman–Crippen LogP) is 6.65. The van der Waals surface area contributed by atoms with E-state index in [2.05, 4.69) is 40.1 Å². The van der Waals surface area contributed by atoms with Crippen molar-refractivity contribution in [3.05, 3.63) is 52.7 Å². The Morgan fingerprint density at radius 3 is 2.38 bits per heavy atom. The monoisotopic (exact) mass is 502 g/mol. The van der Waals surface area contributed by atoms with Crippen LogP contribution in [-0.2, 0) is 6.42 Å². The minimum atomic E-state index is -0.471. The molecule has 0 amide bonds. The van der Waals surface area contributed by atoms with Crippen molar-refractivity contribution in [2.45, 2.75) is 52.1 Å². The maximum absolute atomic E-state index is 14.2. The molecule has 0 radical (unpaired) electrons. The normalized spacial score (nSPS) is 15.9. The van der Waals surface area contributed by atoms with Gasteiger partial charge in [0, 0.05) is 35.6 Å². The topological polar surface area (TPSA) is 41.0 Å². The molecule has 0 spiro atoms. The highest BCUT2D eigenvalue weighted by molar-refractivity contribution is 7.18. The van der Waals surface area contributed by atoms with Crippen molar-refractivity contribution in [1.29, 1.82) is 0 Å². The highest BCUT2D eigenvalue weighted by Gasteiger charge is 2.27. The molecule has 0 bridgehead atoms. The number of nitrogens with zero attached hydrogens (tertiary/aromatic N) is 3.